The summed E-state index contributed by atoms with van der Waals surface area (Å²) < 4.78 is 25.4. The van der Waals surface area contributed by atoms with Crippen LogP contribution in [0.3, 0.4) is 0 Å². The van der Waals surface area contributed by atoms with Crippen LogP contribution in [-0.4, -0.2) is 54.4 Å². The Morgan fingerprint density at radius 2 is 0.636 bits per heavy atom. The minimum atomic E-state index is -0.454. The van der Waals surface area contributed by atoms with Crippen molar-refractivity contribution in [2.45, 2.75) is 328 Å². The second-order valence-electron chi connectivity index (χ2n) is 42.4. The molecule has 5 aliphatic heterocycles. The van der Waals surface area contributed by atoms with E-state index in [1.165, 1.54) is 227 Å². The maximum atomic E-state index is 7.63. The van der Waals surface area contributed by atoms with Crippen LogP contribution in [0.2, 0.25) is 0 Å². The van der Waals surface area contributed by atoms with Crippen molar-refractivity contribution in [1.82, 2.24) is 28.1 Å². The topological polar surface area (TPSA) is 44.7 Å². The Kier molecular flexibility index (Phi) is 18.0. The van der Waals surface area contributed by atoms with Gasteiger partial charge in [0.15, 0.2) is 0 Å². The van der Waals surface area contributed by atoms with E-state index in [1.807, 2.05) is 0 Å². The number of aryl methyl sites for hydroxylation is 11. The summed E-state index contributed by atoms with van der Waals surface area (Å²) in [4.78, 5) is 5.21. The Hall–Kier alpha value is -7.98. The fourth-order valence-corrected chi connectivity index (χ4v) is 28.1. The number of aromatic nitrogens is 4. The maximum Gasteiger partial charge on any atom is 0.148 e. The highest BCUT2D eigenvalue weighted by Crippen LogP contribution is 2.69. The van der Waals surface area contributed by atoms with Crippen LogP contribution in [0, 0.1) is 196 Å². The van der Waals surface area contributed by atoms with Crippen molar-refractivity contribution in [3.05, 3.63) is 189 Å². The molecular weight excluding hydrogens is 1470 g/mol. The Morgan fingerprint density at radius 3 is 1.09 bits per heavy atom. The van der Waals surface area contributed by atoms with E-state index in [9.17, 15) is 0 Å². The molecule has 14 atom stereocenters. The number of hydrogen-bond acceptors (Lipinski definition) is 4. The molecule has 21 rings (SSSR count). The van der Waals surface area contributed by atoms with Crippen LogP contribution in [0.15, 0.2) is 0 Å². The van der Waals surface area contributed by atoms with Crippen LogP contribution >= 0.6 is 0 Å². The molecule has 121 heavy (non-hydrogen) atoms. The van der Waals surface area contributed by atoms with E-state index in [0.717, 1.165) is 19.4 Å². The van der Waals surface area contributed by atoms with Crippen LogP contribution in [-0.2, 0) is 47.9 Å². The first-order chi connectivity index (χ1) is 56.6. The summed E-state index contributed by atoms with van der Waals surface area (Å²) in [5.41, 5.74) is 66.8. The highest BCUT2D eigenvalue weighted by Gasteiger charge is 2.61. The molecule has 14 unspecified atom stereocenters. The van der Waals surface area contributed by atoms with Crippen molar-refractivity contribution in [3.8, 4) is 22.3 Å². The average molecular weight is 1620 g/mol. The zero-order valence-corrected chi connectivity index (χ0v) is 82.2. The van der Waals surface area contributed by atoms with Crippen molar-refractivity contribution in [3.63, 3.8) is 0 Å². The van der Waals surface area contributed by atoms with Gasteiger partial charge in [0.05, 0.1) is 56.3 Å². The number of ether oxygens (including phenoxy) is 2. The predicted octanol–water partition coefficient (Wildman–Crippen LogP) is 29.2. The summed E-state index contributed by atoms with van der Waals surface area (Å²) in [6.07, 6.45) is 3.42. The predicted molar refractivity (Wildman–Crippen MR) is 517 cm³/mol. The van der Waals surface area contributed by atoms with Crippen LogP contribution in [0.25, 0.3) is 109 Å². The molecule has 8 aliphatic rings. The second-order valence-corrected chi connectivity index (χ2v) is 42.4. The molecule has 13 aromatic rings. The minimum Gasteiger partial charge on any atom is -0.374 e. The summed E-state index contributed by atoms with van der Waals surface area (Å²) in [5, 5.41) is 11.9. The Labute approximate surface area is 724 Å². The number of benzene rings is 9. The number of nitrogens with zero attached hydrogens (tertiary/aromatic N) is 6. The minimum absolute atomic E-state index is 0.222. The lowest BCUT2D eigenvalue weighted by Gasteiger charge is -2.50. The first-order valence-electron chi connectivity index (χ1n) is 46.8. The molecule has 9 aromatic carbocycles. The van der Waals surface area contributed by atoms with E-state index in [-0.39, 0.29) is 11.5 Å². The van der Waals surface area contributed by atoms with Crippen LogP contribution in [0.4, 0.5) is 0 Å². The smallest absolute Gasteiger partial charge is 0.148 e. The molecule has 3 aliphatic carbocycles. The van der Waals surface area contributed by atoms with E-state index < -0.39 is 11.4 Å². The molecule has 0 amide bonds. The summed E-state index contributed by atoms with van der Waals surface area (Å²) in [6, 6.07) is 1.48. The van der Waals surface area contributed by atoms with Gasteiger partial charge < -0.3 is 27.7 Å². The van der Waals surface area contributed by atoms with Gasteiger partial charge in [-0.25, -0.2) is 0 Å². The SMILES string of the molecule is Cc1c(C)c(C)c2c(c1C)Cc1c-2c2c(c3c1C(C1(C)OCC(C)C(C)C1C)c1c(C)c(C)c(C)c(C)c1-3)C(C)N(C)C2C.Cc1c(C)c(C)c2c(c1C)c1c3c(c4c5c(C)c(C)c(C)c(C)c5n(C)c4c1n2C)C(C)N(C)C3C.Cc1c(C)c(C)c2c(c1C)c1c3c(c4c5c(C)c(C)c(C)c(C)c5n5c4c1n2C1(C)OC5(C)C(C)C1C)C(C)CC3. The van der Waals surface area contributed by atoms with Crippen molar-refractivity contribution in [2.24, 2.45) is 43.7 Å². The maximum absolute atomic E-state index is 7.63. The molecule has 8 heteroatoms. The molecule has 9 heterocycles. The zero-order chi connectivity index (χ0) is 87.7. The first kappa shape index (κ1) is 82.6. The normalized spacial score (nSPS) is 26.3. The number of fused-ring (bicyclic) bond motifs is 33. The molecule has 4 aromatic heterocycles. The standard InChI is InChI=1S/C42H55NO.C38H46N2O.C33H41N3/c1-18-17-44-42(14,28(11)19(18)2)41-35-27(10)23(6)22(5)26(9)34(35)40-37-30(13)43(15)29(12)36(37)38-32(39(40)41)16-31-24(7)20(3)21(4)25(8)33(31)38;1-16-14-15-27-28(16)32-30-22(7)18(3)20(5)24(9)34(30)40-36(32)35-31(27)29-21(6)17(2)19(4)23(8)33(29)39(35)37(12)25(10)26(11)38(40,13)41-37;1-14-16(3)20(7)30-24(18(14)5)28-26-22(9)34(11)23(10)27(26)29-25-19(6)15(2)17(4)21(8)31(25)36(13)33(29)32(28)35(30)12/h18-19,28-30,41H,16-17H2,1-15H3;16,25-26H,14-15H2,1-13H3;22-23H,1-13H3. The van der Waals surface area contributed by atoms with Crippen LogP contribution < -0.4 is 0 Å². The van der Waals surface area contributed by atoms with Gasteiger partial charge in [0.25, 0.3) is 0 Å². The quantitative estimate of drug-likeness (QED) is 0.164. The molecule has 2 fully saturated rings. The fourth-order valence-electron chi connectivity index (χ4n) is 28.1. The van der Waals surface area contributed by atoms with Crippen molar-refractivity contribution < 1.29 is 9.47 Å². The highest BCUT2D eigenvalue weighted by molar-refractivity contribution is 6.29. The first-order valence-corrected chi connectivity index (χ1v) is 46.8. The van der Waals surface area contributed by atoms with Gasteiger partial charge in [0, 0.05) is 99.1 Å². The van der Waals surface area contributed by atoms with E-state index in [2.05, 4.69) is 312 Å². The lowest BCUT2D eigenvalue weighted by molar-refractivity contribution is -0.173. The Morgan fingerprint density at radius 1 is 0.281 bits per heavy atom. The second kappa shape index (κ2) is 26.3. The van der Waals surface area contributed by atoms with Gasteiger partial charge in [-0.3, -0.25) is 9.80 Å². The largest absolute Gasteiger partial charge is 0.374 e. The highest BCUT2D eigenvalue weighted by atomic mass is 16.6. The van der Waals surface area contributed by atoms with E-state index >= 15 is 0 Å². The molecule has 0 radical (unpaired) electrons. The van der Waals surface area contributed by atoms with Crippen molar-refractivity contribution in [1.29, 1.82) is 0 Å². The van der Waals surface area contributed by atoms with Gasteiger partial charge in [-0.15, -0.1) is 0 Å². The fraction of sp³-hybridized carbons (Fsp3) is 0.522. The van der Waals surface area contributed by atoms with E-state index in [0.29, 0.717) is 59.7 Å². The van der Waals surface area contributed by atoms with E-state index in [1.54, 1.807) is 77.9 Å². The summed E-state index contributed by atoms with van der Waals surface area (Å²) >= 11 is 0. The van der Waals surface area contributed by atoms with Gasteiger partial charge in [0.1, 0.15) is 11.4 Å². The molecule has 2 bridgehead atoms. The third kappa shape index (κ3) is 9.54. The van der Waals surface area contributed by atoms with Crippen molar-refractivity contribution >= 4 is 87.2 Å². The van der Waals surface area contributed by atoms with Crippen LogP contribution in [0.5, 0.6) is 0 Å². The van der Waals surface area contributed by atoms with Crippen LogP contribution in [0.1, 0.15) is 322 Å². The Bertz CT molecular complexity index is 6880. The van der Waals surface area contributed by atoms with Gasteiger partial charge >= 0.3 is 0 Å². The molecule has 0 saturated carbocycles. The monoisotopic (exact) mass is 1620 g/mol. The molecular formula is C113H142N6O2. The van der Waals surface area contributed by atoms with Gasteiger partial charge in [-0.2, -0.15) is 0 Å². The Balaban J connectivity index is 0.000000120. The molecule has 636 valence electrons. The lowest BCUT2D eigenvalue weighted by atomic mass is 9.64. The zero-order valence-electron chi connectivity index (χ0n) is 82.2. The molecule has 8 nitrogen and oxygen atoms in total. The van der Waals surface area contributed by atoms with Gasteiger partial charge in [-0.1, -0.05) is 41.5 Å². The van der Waals surface area contributed by atoms with E-state index in [4.69, 9.17) is 9.47 Å². The third-order valence-corrected chi connectivity index (χ3v) is 38.7. The molecule has 0 N–H and O–H groups in total. The van der Waals surface area contributed by atoms with Gasteiger partial charge in [-0.05, 0) is 483 Å². The lowest BCUT2D eigenvalue weighted by Crippen LogP contribution is -2.51. The molecule has 2 saturated heterocycles. The average Bonchev–Trinajstić information content (AvgIpc) is 1.48. The third-order valence-electron chi connectivity index (χ3n) is 38.7. The number of rotatable bonds is 1. The van der Waals surface area contributed by atoms with Crippen molar-refractivity contribution in [2.75, 3.05) is 20.7 Å². The number of hydrogen-bond donors (Lipinski definition) is 0. The summed E-state index contributed by atoms with van der Waals surface area (Å²) in [7, 11) is 9.27. The summed E-state index contributed by atoms with van der Waals surface area (Å²) in [6.45, 7) is 88.9. The summed E-state index contributed by atoms with van der Waals surface area (Å²) in [5.74, 6) is 3.06. The molecule has 0 spiro atoms. The van der Waals surface area contributed by atoms with Gasteiger partial charge in [0.2, 0.25) is 0 Å².